The summed E-state index contributed by atoms with van der Waals surface area (Å²) >= 11 is 0. The van der Waals surface area contributed by atoms with E-state index < -0.39 is 5.91 Å². The van der Waals surface area contributed by atoms with Crippen molar-refractivity contribution in [3.63, 3.8) is 0 Å². The minimum atomic E-state index is -0.415. The standard InChI is InChI=1S/C14H16N4O/c1-9-3-4-12(7-10(9)2)17-18-13(8-15)14(19)16-11-5-6-11/h3-4,7,11,17H,5-6H2,1-2H3,(H,16,19). The maximum atomic E-state index is 11.7. The van der Waals surface area contributed by atoms with Gasteiger partial charge in [0.15, 0.2) is 0 Å². The van der Waals surface area contributed by atoms with Gasteiger partial charge >= 0.3 is 0 Å². The number of carbonyl (C=O) groups excluding carboxylic acids is 1. The van der Waals surface area contributed by atoms with Crippen LogP contribution in [0.1, 0.15) is 24.0 Å². The van der Waals surface area contributed by atoms with Gasteiger partial charge < -0.3 is 5.32 Å². The van der Waals surface area contributed by atoms with Crippen molar-refractivity contribution in [2.24, 2.45) is 5.10 Å². The fraction of sp³-hybridized carbons (Fsp3) is 0.357. The zero-order valence-electron chi connectivity index (χ0n) is 11.0. The lowest BCUT2D eigenvalue weighted by Crippen LogP contribution is -2.32. The van der Waals surface area contributed by atoms with Crippen molar-refractivity contribution < 1.29 is 4.79 Å². The number of carbonyl (C=O) groups is 1. The first-order valence-corrected chi connectivity index (χ1v) is 6.22. The van der Waals surface area contributed by atoms with Crippen molar-refractivity contribution in [3.05, 3.63) is 29.3 Å². The highest BCUT2D eigenvalue weighted by atomic mass is 16.2. The van der Waals surface area contributed by atoms with Gasteiger partial charge in [-0.05, 0) is 49.9 Å². The van der Waals surface area contributed by atoms with Gasteiger partial charge in [0.25, 0.3) is 5.91 Å². The van der Waals surface area contributed by atoms with Crippen LogP contribution in [0.2, 0.25) is 0 Å². The van der Waals surface area contributed by atoms with Crippen LogP contribution in [0.3, 0.4) is 0 Å². The summed E-state index contributed by atoms with van der Waals surface area (Å²) in [5.41, 5.74) is 5.66. The number of aryl methyl sites for hydroxylation is 2. The van der Waals surface area contributed by atoms with Gasteiger partial charge in [0.2, 0.25) is 5.71 Å². The molecule has 5 heteroatoms. The van der Waals surface area contributed by atoms with Crippen LogP contribution in [0.15, 0.2) is 23.3 Å². The second kappa shape index (κ2) is 5.53. The Kier molecular flexibility index (Phi) is 3.81. The number of benzene rings is 1. The zero-order chi connectivity index (χ0) is 13.8. The summed E-state index contributed by atoms with van der Waals surface area (Å²) in [5.74, 6) is -0.415. The smallest absolute Gasteiger partial charge is 0.282 e. The van der Waals surface area contributed by atoms with Crippen LogP contribution in [-0.2, 0) is 4.79 Å². The first kappa shape index (κ1) is 13.1. The second-order valence-corrected chi connectivity index (χ2v) is 4.73. The van der Waals surface area contributed by atoms with Crippen molar-refractivity contribution >= 4 is 17.3 Å². The third kappa shape index (κ3) is 3.55. The Hall–Kier alpha value is -2.35. The molecule has 0 heterocycles. The molecule has 0 spiro atoms. The number of hydrogen-bond acceptors (Lipinski definition) is 4. The lowest BCUT2D eigenvalue weighted by molar-refractivity contribution is -0.114. The van der Waals surface area contributed by atoms with E-state index in [0.29, 0.717) is 0 Å². The maximum Gasteiger partial charge on any atom is 0.282 e. The van der Waals surface area contributed by atoms with E-state index in [1.165, 1.54) is 5.56 Å². The van der Waals surface area contributed by atoms with Gasteiger partial charge in [0.05, 0.1) is 5.69 Å². The van der Waals surface area contributed by atoms with E-state index in [0.717, 1.165) is 24.1 Å². The summed E-state index contributed by atoms with van der Waals surface area (Å²) in [6.07, 6.45) is 1.96. The zero-order valence-corrected chi connectivity index (χ0v) is 11.0. The van der Waals surface area contributed by atoms with Crippen molar-refractivity contribution in [3.8, 4) is 6.07 Å². The molecule has 1 saturated carbocycles. The predicted octanol–water partition coefficient (Wildman–Crippen LogP) is 1.87. The Balaban J connectivity index is 2.03. The van der Waals surface area contributed by atoms with E-state index in [1.807, 2.05) is 32.0 Å². The van der Waals surface area contributed by atoms with Crippen molar-refractivity contribution in [2.75, 3.05) is 5.43 Å². The highest BCUT2D eigenvalue weighted by molar-refractivity contribution is 6.45. The van der Waals surface area contributed by atoms with Crippen molar-refractivity contribution in [2.45, 2.75) is 32.7 Å². The van der Waals surface area contributed by atoms with Crippen molar-refractivity contribution in [1.29, 1.82) is 5.26 Å². The van der Waals surface area contributed by atoms with E-state index >= 15 is 0 Å². The van der Waals surface area contributed by atoms with Crippen LogP contribution < -0.4 is 10.7 Å². The first-order chi connectivity index (χ1) is 9.10. The van der Waals surface area contributed by atoms with Crippen LogP contribution in [-0.4, -0.2) is 17.7 Å². The topological polar surface area (TPSA) is 77.3 Å². The van der Waals surface area contributed by atoms with Crippen molar-refractivity contribution in [1.82, 2.24) is 5.32 Å². The summed E-state index contributed by atoms with van der Waals surface area (Å²) in [4.78, 5) is 11.7. The molecular weight excluding hydrogens is 240 g/mol. The van der Waals surface area contributed by atoms with Gasteiger partial charge in [-0.2, -0.15) is 10.4 Å². The van der Waals surface area contributed by atoms with E-state index in [-0.39, 0.29) is 11.8 Å². The Morgan fingerprint density at radius 3 is 2.68 bits per heavy atom. The number of amides is 1. The van der Waals surface area contributed by atoms with E-state index in [4.69, 9.17) is 5.26 Å². The third-order valence-electron chi connectivity index (χ3n) is 3.04. The lowest BCUT2D eigenvalue weighted by Gasteiger charge is -2.05. The predicted molar refractivity (Wildman–Crippen MR) is 73.8 cm³/mol. The molecule has 1 aliphatic rings. The maximum absolute atomic E-state index is 11.7. The molecule has 2 N–H and O–H groups in total. The normalized spacial score (nSPS) is 14.7. The Morgan fingerprint density at radius 2 is 2.11 bits per heavy atom. The number of rotatable bonds is 4. The SMILES string of the molecule is Cc1ccc(NN=C(C#N)C(=O)NC2CC2)cc1C. The molecule has 19 heavy (non-hydrogen) atoms. The van der Waals surface area contributed by atoms with Crippen LogP contribution in [0, 0.1) is 25.2 Å². The molecule has 98 valence electrons. The number of anilines is 1. The van der Waals surface area contributed by atoms with Gasteiger partial charge in [0, 0.05) is 6.04 Å². The monoisotopic (exact) mass is 256 g/mol. The number of nitrogens with zero attached hydrogens (tertiary/aromatic N) is 2. The van der Waals surface area contributed by atoms with Gasteiger partial charge in [-0.3, -0.25) is 10.2 Å². The fourth-order valence-electron chi connectivity index (χ4n) is 1.54. The van der Waals surface area contributed by atoms with Crippen LogP contribution in [0.25, 0.3) is 0 Å². The summed E-state index contributed by atoms with van der Waals surface area (Å²) < 4.78 is 0. The highest BCUT2D eigenvalue weighted by Gasteiger charge is 2.25. The largest absolute Gasteiger partial charge is 0.347 e. The van der Waals surface area contributed by atoms with E-state index in [9.17, 15) is 4.79 Å². The number of hydrogen-bond donors (Lipinski definition) is 2. The van der Waals surface area contributed by atoms with Gasteiger partial charge in [-0.25, -0.2) is 0 Å². The molecule has 0 radical (unpaired) electrons. The number of nitrogens with one attached hydrogen (secondary N) is 2. The molecule has 0 bridgehead atoms. The fourth-order valence-corrected chi connectivity index (χ4v) is 1.54. The van der Waals surface area contributed by atoms with E-state index in [2.05, 4.69) is 15.8 Å². The average molecular weight is 256 g/mol. The van der Waals surface area contributed by atoms with Crippen LogP contribution in [0.5, 0.6) is 0 Å². The molecule has 1 aromatic rings. The summed E-state index contributed by atoms with van der Waals surface area (Å²) in [5, 5.41) is 15.5. The molecular formula is C14H16N4O. The number of hydrazone groups is 1. The molecule has 0 aliphatic heterocycles. The van der Waals surface area contributed by atoms with Crippen LogP contribution >= 0.6 is 0 Å². The molecule has 5 nitrogen and oxygen atoms in total. The Bertz CT molecular complexity index is 567. The lowest BCUT2D eigenvalue weighted by atomic mass is 10.1. The second-order valence-electron chi connectivity index (χ2n) is 4.73. The van der Waals surface area contributed by atoms with Gasteiger partial charge in [-0.15, -0.1) is 0 Å². The van der Waals surface area contributed by atoms with Gasteiger partial charge in [-0.1, -0.05) is 6.07 Å². The summed E-state index contributed by atoms with van der Waals surface area (Å²) in [7, 11) is 0. The minimum Gasteiger partial charge on any atom is -0.347 e. The molecule has 2 rings (SSSR count). The Morgan fingerprint density at radius 1 is 1.37 bits per heavy atom. The number of nitriles is 1. The molecule has 1 aliphatic carbocycles. The molecule has 1 fully saturated rings. The molecule has 1 amide bonds. The molecule has 0 unspecified atom stereocenters. The minimum absolute atomic E-state index is 0.148. The third-order valence-corrected chi connectivity index (χ3v) is 3.04. The summed E-state index contributed by atoms with van der Waals surface area (Å²) in [6, 6.07) is 7.77. The van der Waals surface area contributed by atoms with Crippen LogP contribution in [0.4, 0.5) is 5.69 Å². The van der Waals surface area contributed by atoms with E-state index in [1.54, 1.807) is 6.07 Å². The summed E-state index contributed by atoms with van der Waals surface area (Å²) in [6.45, 7) is 4.02. The molecule has 0 saturated heterocycles. The molecule has 1 aromatic carbocycles. The molecule has 0 atom stereocenters. The Labute approximate surface area is 112 Å². The quantitative estimate of drug-likeness (QED) is 0.637. The average Bonchev–Trinajstić information content (AvgIpc) is 3.18. The molecule has 0 aromatic heterocycles. The van der Waals surface area contributed by atoms with Gasteiger partial charge in [0.1, 0.15) is 6.07 Å². The highest BCUT2D eigenvalue weighted by Crippen LogP contribution is 2.18. The first-order valence-electron chi connectivity index (χ1n) is 6.22.